The van der Waals surface area contributed by atoms with E-state index in [1.165, 1.54) is 4.90 Å². The minimum absolute atomic E-state index is 0.169. The molecular weight excluding hydrogens is 438 g/mol. The number of cyclic esters (lactones) is 1. The van der Waals surface area contributed by atoms with Crippen LogP contribution >= 0.6 is 0 Å². The first kappa shape index (κ1) is 21.6. The number of pyridine rings is 1. The van der Waals surface area contributed by atoms with Gasteiger partial charge in [0.15, 0.2) is 11.5 Å². The lowest BCUT2D eigenvalue weighted by molar-refractivity contribution is -0.114. The first-order valence-electron chi connectivity index (χ1n) is 10.8. The number of anilines is 1. The van der Waals surface area contributed by atoms with Crippen molar-refractivity contribution in [2.45, 2.75) is 12.5 Å². The Morgan fingerprint density at radius 1 is 1.18 bits per heavy atom. The van der Waals surface area contributed by atoms with Gasteiger partial charge in [-0.1, -0.05) is 18.2 Å². The predicted octanol–water partition coefficient (Wildman–Crippen LogP) is 3.30. The maximum Gasteiger partial charge on any atom is 0.414 e. The van der Waals surface area contributed by atoms with E-state index in [2.05, 4.69) is 4.98 Å². The number of nitrogens with zero attached hydrogens (tertiary/aromatic N) is 2. The molecule has 0 saturated carbocycles. The topological polar surface area (TPSA) is 113 Å². The Hall–Kier alpha value is -4.27. The van der Waals surface area contributed by atoms with Crippen LogP contribution in [0.3, 0.4) is 0 Å². The fourth-order valence-corrected chi connectivity index (χ4v) is 4.08. The molecule has 9 nitrogen and oxygen atoms in total. The van der Waals surface area contributed by atoms with Crippen LogP contribution in [0.25, 0.3) is 17.0 Å². The minimum atomic E-state index is -0.589. The van der Waals surface area contributed by atoms with Crippen molar-refractivity contribution in [3.63, 3.8) is 0 Å². The molecule has 5 rings (SSSR count). The SMILES string of the molecule is COc1ccc2cccc(C=C(C[C@@H]3CN(c4ccc5c(c4)OCCO5)C(=O)O3)C(N)=O)c2n1. The van der Waals surface area contributed by atoms with Crippen molar-refractivity contribution in [3.05, 3.63) is 59.7 Å². The molecule has 1 atom stereocenters. The zero-order valence-electron chi connectivity index (χ0n) is 18.5. The van der Waals surface area contributed by atoms with E-state index in [9.17, 15) is 9.59 Å². The van der Waals surface area contributed by atoms with Gasteiger partial charge in [0.05, 0.1) is 24.9 Å². The third-order valence-corrected chi connectivity index (χ3v) is 5.74. The molecule has 0 radical (unpaired) electrons. The average Bonchev–Trinajstić information content (AvgIpc) is 3.23. The molecule has 0 bridgehead atoms. The third-order valence-electron chi connectivity index (χ3n) is 5.74. The molecule has 2 aliphatic rings. The first-order chi connectivity index (χ1) is 16.5. The molecule has 0 unspecified atom stereocenters. The standard InChI is InChI=1S/C25H23N3O6/c1-31-22-8-5-15-3-2-4-16(23(15)27-22)11-17(24(26)29)12-19-14-28(25(30)34-19)18-6-7-20-21(13-18)33-10-9-32-20/h2-8,11,13,19H,9-10,12,14H2,1H3,(H2,26,29)/t19-/m1/s1. The Balaban J connectivity index is 1.39. The maximum absolute atomic E-state index is 12.6. The van der Waals surface area contributed by atoms with Gasteiger partial charge in [0, 0.05) is 35.1 Å². The van der Waals surface area contributed by atoms with Gasteiger partial charge in [-0.15, -0.1) is 0 Å². The van der Waals surface area contributed by atoms with Crippen molar-refractivity contribution in [3.8, 4) is 17.4 Å². The van der Waals surface area contributed by atoms with Crippen LogP contribution in [0.1, 0.15) is 12.0 Å². The quantitative estimate of drug-likeness (QED) is 0.561. The number of fused-ring (bicyclic) bond motifs is 2. The van der Waals surface area contributed by atoms with E-state index < -0.39 is 18.1 Å². The largest absolute Gasteiger partial charge is 0.486 e. The van der Waals surface area contributed by atoms with Crippen molar-refractivity contribution in [2.24, 2.45) is 5.73 Å². The summed E-state index contributed by atoms with van der Waals surface area (Å²) in [6.07, 6.45) is 0.819. The molecule has 2 aromatic carbocycles. The van der Waals surface area contributed by atoms with Crippen LogP contribution in [-0.4, -0.2) is 50.0 Å². The van der Waals surface area contributed by atoms with Crippen molar-refractivity contribution < 1.29 is 28.5 Å². The lowest BCUT2D eigenvalue weighted by atomic mass is 10.0. The second-order valence-corrected chi connectivity index (χ2v) is 7.95. The molecule has 0 spiro atoms. The number of aromatic nitrogens is 1. The van der Waals surface area contributed by atoms with Crippen LogP contribution in [0.15, 0.2) is 54.1 Å². The van der Waals surface area contributed by atoms with E-state index in [1.54, 1.807) is 37.5 Å². The number of para-hydroxylation sites is 1. The van der Waals surface area contributed by atoms with E-state index in [0.717, 1.165) is 10.9 Å². The minimum Gasteiger partial charge on any atom is -0.486 e. The number of nitrogens with two attached hydrogens (primary N) is 1. The Labute approximate surface area is 195 Å². The Morgan fingerprint density at radius 2 is 2.00 bits per heavy atom. The Morgan fingerprint density at radius 3 is 2.79 bits per heavy atom. The van der Waals surface area contributed by atoms with Crippen LogP contribution in [0.2, 0.25) is 0 Å². The average molecular weight is 461 g/mol. The van der Waals surface area contributed by atoms with Crippen LogP contribution in [0.4, 0.5) is 10.5 Å². The van der Waals surface area contributed by atoms with Crippen molar-refractivity contribution in [2.75, 3.05) is 31.8 Å². The van der Waals surface area contributed by atoms with Gasteiger partial charge in [-0.25, -0.2) is 9.78 Å². The van der Waals surface area contributed by atoms with Gasteiger partial charge in [0.2, 0.25) is 11.8 Å². The summed E-state index contributed by atoms with van der Waals surface area (Å²) in [4.78, 5) is 30.9. The number of benzene rings is 2. The molecule has 0 aliphatic carbocycles. The van der Waals surface area contributed by atoms with Gasteiger partial charge in [0.1, 0.15) is 19.3 Å². The van der Waals surface area contributed by atoms with Crippen LogP contribution in [0, 0.1) is 0 Å². The van der Waals surface area contributed by atoms with Crippen molar-refractivity contribution >= 4 is 34.7 Å². The Kier molecular flexibility index (Phi) is 5.67. The number of carbonyl (C=O) groups is 2. The number of ether oxygens (including phenoxy) is 4. The molecule has 2 N–H and O–H groups in total. The molecule has 3 aromatic rings. The molecule has 9 heteroatoms. The van der Waals surface area contributed by atoms with Gasteiger partial charge >= 0.3 is 6.09 Å². The normalized spacial score (nSPS) is 17.6. The van der Waals surface area contributed by atoms with Gasteiger partial charge in [-0.2, -0.15) is 0 Å². The van der Waals surface area contributed by atoms with Gasteiger partial charge in [-0.3, -0.25) is 9.69 Å². The monoisotopic (exact) mass is 461 g/mol. The molecule has 34 heavy (non-hydrogen) atoms. The van der Waals surface area contributed by atoms with Gasteiger partial charge < -0.3 is 24.7 Å². The maximum atomic E-state index is 12.6. The summed E-state index contributed by atoms with van der Waals surface area (Å²) < 4.78 is 21.9. The summed E-state index contributed by atoms with van der Waals surface area (Å²) >= 11 is 0. The van der Waals surface area contributed by atoms with E-state index in [4.69, 9.17) is 24.7 Å². The number of amides is 2. The molecule has 2 aliphatic heterocycles. The highest BCUT2D eigenvalue weighted by Gasteiger charge is 2.34. The molecule has 1 fully saturated rings. The van der Waals surface area contributed by atoms with Gasteiger partial charge in [-0.05, 0) is 24.3 Å². The Bertz CT molecular complexity index is 1310. The summed E-state index contributed by atoms with van der Waals surface area (Å²) in [6, 6.07) is 14.6. The number of rotatable bonds is 6. The molecule has 174 valence electrons. The fourth-order valence-electron chi connectivity index (χ4n) is 4.08. The summed E-state index contributed by atoms with van der Waals surface area (Å²) in [6.45, 7) is 1.21. The van der Waals surface area contributed by atoms with Crippen LogP contribution in [0.5, 0.6) is 17.4 Å². The molecule has 1 saturated heterocycles. The van der Waals surface area contributed by atoms with E-state index in [-0.39, 0.29) is 13.0 Å². The highest BCUT2D eigenvalue weighted by Crippen LogP contribution is 2.36. The first-order valence-corrected chi connectivity index (χ1v) is 10.8. The zero-order valence-corrected chi connectivity index (χ0v) is 18.5. The zero-order chi connectivity index (χ0) is 23.7. The highest BCUT2D eigenvalue weighted by molar-refractivity contribution is 6.00. The second-order valence-electron chi connectivity index (χ2n) is 7.95. The van der Waals surface area contributed by atoms with Gasteiger partial charge in [0.25, 0.3) is 0 Å². The lowest BCUT2D eigenvalue weighted by Gasteiger charge is -2.21. The predicted molar refractivity (Wildman–Crippen MR) is 125 cm³/mol. The van der Waals surface area contributed by atoms with E-state index in [0.29, 0.717) is 47.4 Å². The summed E-state index contributed by atoms with van der Waals surface area (Å²) in [7, 11) is 1.54. The number of methoxy groups -OCH3 is 1. The molecular formula is C25H23N3O6. The van der Waals surface area contributed by atoms with E-state index in [1.807, 2.05) is 24.3 Å². The van der Waals surface area contributed by atoms with E-state index >= 15 is 0 Å². The van der Waals surface area contributed by atoms with Crippen molar-refractivity contribution in [1.29, 1.82) is 0 Å². The summed E-state index contributed by atoms with van der Waals surface area (Å²) in [5.41, 5.74) is 8.05. The second kappa shape index (κ2) is 8.93. The highest BCUT2D eigenvalue weighted by atomic mass is 16.6. The third kappa shape index (κ3) is 4.19. The van der Waals surface area contributed by atoms with Crippen molar-refractivity contribution in [1.82, 2.24) is 4.98 Å². The summed E-state index contributed by atoms with van der Waals surface area (Å²) in [5, 5.41) is 0.899. The smallest absolute Gasteiger partial charge is 0.414 e. The van der Waals surface area contributed by atoms with Crippen LogP contribution < -0.4 is 24.8 Å². The molecule has 2 amide bonds. The number of hydrogen-bond acceptors (Lipinski definition) is 7. The van der Waals surface area contributed by atoms with Crippen LogP contribution in [-0.2, 0) is 9.53 Å². The number of primary amides is 1. The molecule has 1 aromatic heterocycles. The number of carbonyl (C=O) groups excluding carboxylic acids is 2. The fraction of sp³-hybridized carbons (Fsp3) is 0.240. The molecule has 3 heterocycles. The summed E-state index contributed by atoms with van der Waals surface area (Å²) in [5.74, 6) is 1.09. The number of hydrogen-bond donors (Lipinski definition) is 1. The lowest BCUT2D eigenvalue weighted by Crippen LogP contribution is -2.26.